The molecule has 0 heterocycles. The van der Waals surface area contributed by atoms with E-state index in [1.54, 1.807) is 0 Å². The molecule has 110 valence electrons. The predicted octanol–water partition coefficient (Wildman–Crippen LogP) is 2.97. The second-order valence-corrected chi connectivity index (χ2v) is 5.15. The molecule has 0 spiro atoms. The molecule has 1 aromatic carbocycles. The van der Waals surface area contributed by atoms with E-state index >= 15 is 0 Å². The van der Waals surface area contributed by atoms with Gasteiger partial charge in [-0.15, -0.1) is 0 Å². The van der Waals surface area contributed by atoms with Crippen molar-refractivity contribution in [3.05, 3.63) is 33.9 Å². The molecule has 2 rings (SSSR count). The number of hydrogen-bond acceptors (Lipinski definition) is 4. The first-order chi connectivity index (χ1) is 9.27. The minimum absolute atomic E-state index is 0.00794. The Morgan fingerprint density at radius 3 is 2.40 bits per heavy atom. The van der Waals surface area contributed by atoms with Crippen molar-refractivity contribution in [2.75, 3.05) is 7.11 Å². The van der Waals surface area contributed by atoms with Gasteiger partial charge in [0.1, 0.15) is 5.75 Å². The van der Waals surface area contributed by atoms with E-state index in [2.05, 4.69) is 0 Å². The predicted molar refractivity (Wildman–Crippen MR) is 68.9 cm³/mol. The summed E-state index contributed by atoms with van der Waals surface area (Å²) >= 11 is 0. The fraction of sp³-hybridized carbons (Fsp3) is 0.538. The normalized spacial score (nSPS) is 20.4. The van der Waals surface area contributed by atoms with Gasteiger partial charge >= 0.3 is 0 Å². The largest absolute Gasteiger partial charge is 0.497 e. The van der Waals surface area contributed by atoms with Crippen LogP contribution in [0.15, 0.2) is 18.2 Å². The number of rotatable bonds is 3. The maximum atomic E-state index is 13.3. The van der Waals surface area contributed by atoms with E-state index in [1.165, 1.54) is 25.3 Å². The molecule has 1 saturated carbocycles. The molecule has 0 aliphatic heterocycles. The number of hydrogen-bond donors (Lipinski definition) is 1. The lowest BCUT2D eigenvalue weighted by Gasteiger charge is -2.37. The van der Waals surface area contributed by atoms with Gasteiger partial charge in [0, 0.05) is 24.4 Å². The molecule has 0 bridgehead atoms. The van der Waals surface area contributed by atoms with Crippen LogP contribution < -0.4 is 10.5 Å². The Hall–Kier alpha value is -1.76. The highest BCUT2D eigenvalue weighted by Crippen LogP contribution is 2.45. The summed E-state index contributed by atoms with van der Waals surface area (Å²) in [6, 6.07) is 4.24. The molecule has 1 fully saturated rings. The third-order valence-corrected chi connectivity index (χ3v) is 3.81. The molecule has 20 heavy (non-hydrogen) atoms. The topological polar surface area (TPSA) is 78.4 Å². The Morgan fingerprint density at radius 2 is 1.90 bits per heavy atom. The second-order valence-electron chi connectivity index (χ2n) is 5.15. The van der Waals surface area contributed by atoms with E-state index in [-0.39, 0.29) is 36.9 Å². The Labute approximate surface area is 114 Å². The number of nitro groups is 1. The number of nitro benzene ring substituents is 1. The van der Waals surface area contributed by atoms with Crippen molar-refractivity contribution in [2.45, 2.75) is 37.1 Å². The van der Waals surface area contributed by atoms with E-state index in [4.69, 9.17) is 10.5 Å². The molecule has 0 unspecified atom stereocenters. The van der Waals surface area contributed by atoms with Gasteiger partial charge in [-0.25, -0.2) is 8.78 Å². The number of benzene rings is 1. The summed E-state index contributed by atoms with van der Waals surface area (Å²) in [5.74, 6) is -2.32. The summed E-state index contributed by atoms with van der Waals surface area (Å²) in [4.78, 5) is 10.5. The smallest absolute Gasteiger partial charge is 0.274 e. The first kappa shape index (κ1) is 14.6. The molecule has 7 heteroatoms. The zero-order chi connectivity index (χ0) is 15.0. The molecular formula is C13H16F2N2O3. The minimum atomic E-state index is -2.74. The van der Waals surface area contributed by atoms with Crippen molar-refractivity contribution < 1.29 is 18.4 Å². The van der Waals surface area contributed by atoms with Gasteiger partial charge in [0.15, 0.2) is 0 Å². The fourth-order valence-corrected chi connectivity index (χ4v) is 2.53. The molecular weight excluding hydrogens is 270 g/mol. The van der Waals surface area contributed by atoms with Gasteiger partial charge in [0.25, 0.3) is 5.69 Å². The summed E-state index contributed by atoms with van der Waals surface area (Å²) in [6.45, 7) is 0. The number of ether oxygens (including phenoxy) is 1. The summed E-state index contributed by atoms with van der Waals surface area (Å²) in [7, 11) is 1.43. The van der Waals surface area contributed by atoms with Gasteiger partial charge in [0.05, 0.1) is 17.6 Å². The standard InChI is InChI=1S/C13H16F2N2O3/c1-20-9-2-3-11(17(18)19)10(8-9)12(16)4-6-13(14,15)7-5-12/h2-3,8H,4-7,16H2,1H3. The van der Waals surface area contributed by atoms with Crippen LogP contribution in [0.5, 0.6) is 5.75 Å². The first-order valence-electron chi connectivity index (χ1n) is 6.27. The molecule has 0 amide bonds. The molecule has 0 saturated heterocycles. The van der Waals surface area contributed by atoms with Crippen LogP contribution in [-0.2, 0) is 5.54 Å². The van der Waals surface area contributed by atoms with Gasteiger partial charge in [0.2, 0.25) is 5.92 Å². The van der Waals surface area contributed by atoms with E-state index in [0.717, 1.165) is 0 Å². The van der Waals surface area contributed by atoms with Crippen molar-refractivity contribution in [3.63, 3.8) is 0 Å². The van der Waals surface area contributed by atoms with Crippen LogP contribution in [0.3, 0.4) is 0 Å². The summed E-state index contributed by atoms with van der Waals surface area (Å²) < 4.78 is 31.5. The van der Waals surface area contributed by atoms with Gasteiger partial charge in [-0.3, -0.25) is 10.1 Å². The highest BCUT2D eigenvalue weighted by molar-refractivity contribution is 5.49. The lowest BCUT2D eigenvalue weighted by atomic mass is 9.75. The lowest BCUT2D eigenvalue weighted by molar-refractivity contribution is -0.386. The Bertz CT molecular complexity index is 524. The SMILES string of the molecule is COc1ccc([N+](=O)[O-])c(C2(N)CCC(F)(F)CC2)c1. The van der Waals surface area contributed by atoms with Crippen LogP contribution in [0.2, 0.25) is 0 Å². The molecule has 2 N–H and O–H groups in total. The van der Waals surface area contributed by atoms with E-state index in [9.17, 15) is 18.9 Å². The van der Waals surface area contributed by atoms with Crippen LogP contribution >= 0.6 is 0 Å². The molecule has 5 nitrogen and oxygen atoms in total. The van der Waals surface area contributed by atoms with Crippen molar-refractivity contribution in [3.8, 4) is 5.75 Å². The Balaban J connectivity index is 2.42. The van der Waals surface area contributed by atoms with Crippen LogP contribution in [0.25, 0.3) is 0 Å². The molecule has 0 aromatic heterocycles. The number of methoxy groups -OCH3 is 1. The number of halogens is 2. The molecule has 1 aliphatic rings. The third kappa shape index (κ3) is 2.72. The van der Waals surface area contributed by atoms with Gasteiger partial charge in [-0.05, 0) is 25.0 Å². The van der Waals surface area contributed by atoms with Crippen LogP contribution in [-0.4, -0.2) is 18.0 Å². The van der Waals surface area contributed by atoms with Gasteiger partial charge in [-0.2, -0.15) is 0 Å². The van der Waals surface area contributed by atoms with E-state index in [1.807, 2.05) is 0 Å². The van der Waals surface area contributed by atoms with E-state index in [0.29, 0.717) is 5.75 Å². The molecule has 0 atom stereocenters. The first-order valence-corrected chi connectivity index (χ1v) is 6.27. The van der Waals surface area contributed by atoms with Crippen molar-refractivity contribution >= 4 is 5.69 Å². The van der Waals surface area contributed by atoms with Crippen molar-refractivity contribution in [1.82, 2.24) is 0 Å². The Kier molecular flexibility index (Phi) is 3.64. The molecule has 1 aliphatic carbocycles. The average molecular weight is 286 g/mol. The van der Waals surface area contributed by atoms with Crippen molar-refractivity contribution in [1.29, 1.82) is 0 Å². The number of nitrogens with two attached hydrogens (primary N) is 1. The highest BCUT2D eigenvalue weighted by Gasteiger charge is 2.44. The zero-order valence-corrected chi connectivity index (χ0v) is 11.1. The summed E-state index contributed by atoms with van der Waals surface area (Å²) in [5, 5.41) is 11.1. The van der Waals surface area contributed by atoms with Crippen LogP contribution in [0, 0.1) is 10.1 Å². The Morgan fingerprint density at radius 1 is 1.30 bits per heavy atom. The molecule has 0 radical (unpaired) electrons. The van der Waals surface area contributed by atoms with E-state index < -0.39 is 16.4 Å². The minimum Gasteiger partial charge on any atom is -0.497 e. The lowest BCUT2D eigenvalue weighted by Crippen LogP contribution is -2.43. The zero-order valence-electron chi connectivity index (χ0n) is 11.1. The van der Waals surface area contributed by atoms with Crippen molar-refractivity contribution in [2.24, 2.45) is 5.73 Å². The maximum Gasteiger partial charge on any atom is 0.274 e. The molecule has 1 aromatic rings. The quantitative estimate of drug-likeness (QED) is 0.684. The number of alkyl halides is 2. The van der Waals surface area contributed by atoms with Gasteiger partial charge in [-0.1, -0.05) is 0 Å². The van der Waals surface area contributed by atoms with Crippen LogP contribution in [0.1, 0.15) is 31.2 Å². The monoisotopic (exact) mass is 286 g/mol. The average Bonchev–Trinajstić information content (AvgIpc) is 2.41. The third-order valence-electron chi connectivity index (χ3n) is 3.81. The van der Waals surface area contributed by atoms with Crippen LogP contribution in [0.4, 0.5) is 14.5 Å². The maximum absolute atomic E-state index is 13.3. The highest BCUT2D eigenvalue weighted by atomic mass is 19.3. The summed E-state index contributed by atoms with van der Waals surface area (Å²) in [6.07, 6.45) is -0.711. The fourth-order valence-electron chi connectivity index (χ4n) is 2.53. The van der Waals surface area contributed by atoms with Gasteiger partial charge < -0.3 is 10.5 Å². The second kappa shape index (κ2) is 4.97. The summed E-state index contributed by atoms with van der Waals surface area (Å²) in [5.41, 5.74) is 5.17. The number of nitrogens with zero attached hydrogens (tertiary/aromatic N) is 1.